The van der Waals surface area contributed by atoms with Gasteiger partial charge in [-0.25, -0.2) is 4.39 Å². The Morgan fingerprint density at radius 1 is 1.11 bits per heavy atom. The number of rotatable bonds is 6. The lowest BCUT2D eigenvalue weighted by Gasteiger charge is -2.09. The van der Waals surface area contributed by atoms with Gasteiger partial charge in [-0.2, -0.15) is 0 Å². The van der Waals surface area contributed by atoms with Gasteiger partial charge < -0.3 is 14.6 Å². The van der Waals surface area contributed by atoms with Gasteiger partial charge in [0, 0.05) is 6.54 Å². The average Bonchev–Trinajstić information content (AvgIpc) is 2.99. The Hall–Kier alpha value is -3.15. The van der Waals surface area contributed by atoms with Crippen molar-refractivity contribution in [2.24, 2.45) is 0 Å². The molecule has 0 bridgehead atoms. The van der Waals surface area contributed by atoms with Crippen molar-refractivity contribution in [3.8, 4) is 5.75 Å². The summed E-state index contributed by atoms with van der Waals surface area (Å²) in [6.07, 6.45) is 0. The smallest absolute Gasteiger partial charge is 0.274 e. The lowest BCUT2D eigenvalue weighted by atomic mass is 10.1. The van der Waals surface area contributed by atoms with Gasteiger partial charge in [0.2, 0.25) is 0 Å². The van der Waals surface area contributed by atoms with Crippen LogP contribution in [0, 0.1) is 26.6 Å². The van der Waals surface area contributed by atoms with Crippen LogP contribution in [0.15, 0.2) is 47.0 Å². The highest BCUT2D eigenvalue weighted by Crippen LogP contribution is 2.20. The van der Waals surface area contributed by atoms with Crippen LogP contribution in [-0.4, -0.2) is 11.1 Å². The van der Waals surface area contributed by atoms with Gasteiger partial charge in [0.25, 0.3) is 5.91 Å². The minimum absolute atomic E-state index is 0.178. The topological polar surface area (TPSA) is 64.4 Å². The van der Waals surface area contributed by atoms with Crippen LogP contribution in [0.5, 0.6) is 5.75 Å². The van der Waals surface area contributed by atoms with Gasteiger partial charge in [0.15, 0.2) is 5.69 Å². The number of amides is 1. The molecule has 2 aromatic carbocycles. The highest BCUT2D eigenvalue weighted by atomic mass is 19.1. The maximum atomic E-state index is 13.0. The van der Waals surface area contributed by atoms with E-state index < -0.39 is 0 Å². The molecule has 1 amide bonds. The Kier molecular flexibility index (Phi) is 5.54. The summed E-state index contributed by atoms with van der Waals surface area (Å²) in [5, 5.41) is 6.63. The average molecular weight is 368 g/mol. The second-order valence-electron chi connectivity index (χ2n) is 6.49. The first-order chi connectivity index (χ1) is 12.9. The van der Waals surface area contributed by atoms with Gasteiger partial charge in [0.05, 0.1) is 5.56 Å². The molecule has 27 heavy (non-hydrogen) atoms. The summed E-state index contributed by atoms with van der Waals surface area (Å²) < 4.78 is 24.0. The van der Waals surface area contributed by atoms with Gasteiger partial charge in [0.1, 0.15) is 23.9 Å². The molecule has 0 unspecified atom stereocenters. The van der Waals surface area contributed by atoms with Crippen molar-refractivity contribution in [3.63, 3.8) is 0 Å². The number of benzene rings is 2. The molecule has 6 heteroatoms. The molecule has 3 rings (SSSR count). The molecule has 0 aliphatic carbocycles. The molecule has 0 radical (unpaired) electrons. The van der Waals surface area contributed by atoms with Crippen molar-refractivity contribution in [2.75, 3.05) is 0 Å². The lowest BCUT2D eigenvalue weighted by Crippen LogP contribution is -2.24. The first kappa shape index (κ1) is 18.6. The molecular weight excluding hydrogens is 347 g/mol. The number of ether oxygens (including phenoxy) is 1. The minimum Gasteiger partial charge on any atom is -0.489 e. The quantitative estimate of drug-likeness (QED) is 0.706. The zero-order valence-electron chi connectivity index (χ0n) is 15.5. The number of hydrogen-bond donors (Lipinski definition) is 1. The Balaban J connectivity index is 1.67. The van der Waals surface area contributed by atoms with Crippen LogP contribution in [0.1, 0.15) is 38.5 Å². The van der Waals surface area contributed by atoms with Crippen molar-refractivity contribution in [2.45, 2.75) is 33.9 Å². The second kappa shape index (κ2) is 8.03. The van der Waals surface area contributed by atoms with E-state index in [9.17, 15) is 9.18 Å². The number of carbonyl (C=O) groups excluding carboxylic acids is 1. The van der Waals surface area contributed by atoms with Crippen LogP contribution in [-0.2, 0) is 13.2 Å². The fraction of sp³-hybridized carbons (Fsp3) is 0.238. The summed E-state index contributed by atoms with van der Waals surface area (Å²) in [5.41, 5.74) is 3.79. The largest absolute Gasteiger partial charge is 0.489 e. The van der Waals surface area contributed by atoms with Gasteiger partial charge >= 0.3 is 0 Å². The van der Waals surface area contributed by atoms with E-state index in [1.807, 2.05) is 26.0 Å². The summed E-state index contributed by atoms with van der Waals surface area (Å²) in [5.74, 6) is 0.579. The Labute approximate surface area is 157 Å². The highest BCUT2D eigenvalue weighted by molar-refractivity contribution is 5.93. The Morgan fingerprint density at radius 2 is 1.78 bits per heavy atom. The normalized spacial score (nSPS) is 10.7. The first-order valence-electron chi connectivity index (χ1n) is 8.61. The molecule has 0 fully saturated rings. The number of carbonyl (C=O) groups is 1. The molecule has 1 heterocycles. The predicted octanol–water partition coefficient (Wildman–Crippen LogP) is 4.25. The third-order valence-electron chi connectivity index (χ3n) is 4.14. The van der Waals surface area contributed by atoms with E-state index >= 15 is 0 Å². The highest BCUT2D eigenvalue weighted by Gasteiger charge is 2.20. The number of hydrogen-bond acceptors (Lipinski definition) is 4. The van der Waals surface area contributed by atoms with Gasteiger partial charge in [-0.1, -0.05) is 23.4 Å². The summed E-state index contributed by atoms with van der Waals surface area (Å²) in [6, 6.07) is 11.9. The number of nitrogens with zero attached hydrogens (tertiary/aromatic N) is 1. The molecule has 5 nitrogen and oxygen atoms in total. The minimum atomic E-state index is -0.366. The van der Waals surface area contributed by atoms with Crippen LogP contribution in [0.2, 0.25) is 0 Å². The van der Waals surface area contributed by atoms with E-state index in [0.29, 0.717) is 11.3 Å². The van der Waals surface area contributed by atoms with Crippen LogP contribution in [0.25, 0.3) is 0 Å². The monoisotopic (exact) mass is 368 g/mol. The third-order valence-corrected chi connectivity index (χ3v) is 4.14. The number of halogens is 1. The molecule has 3 aromatic rings. The van der Waals surface area contributed by atoms with Gasteiger partial charge in [-0.3, -0.25) is 4.79 Å². The molecule has 0 saturated heterocycles. The zero-order chi connectivity index (χ0) is 19.4. The fourth-order valence-corrected chi connectivity index (χ4v) is 2.78. The van der Waals surface area contributed by atoms with Crippen molar-refractivity contribution in [1.82, 2.24) is 10.5 Å². The summed E-state index contributed by atoms with van der Waals surface area (Å²) in [6.45, 7) is 6.18. The van der Waals surface area contributed by atoms with Crippen LogP contribution in [0.4, 0.5) is 4.39 Å². The Morgan fingerprint density at radius 3 is 2.44 bits per heavy atom. The van der Waals surface area contributed by atoms with E-state index in [4.69, 9.17) is 9.26 Å². The molecule has 0 spiro atoms. The SMILES string of the molecule is Cc1cc(C)cc(OCc2c(C(=O)NCc3ccc(F)cc3)noc2C)c1. The van der Waals surface area contributed by atoms with Crippen molar-refractivity contribution >= 4 is 5.91 Å². The molecule has 0 aliphatic heterocycles. The maximum Gasteiger partial charge on any atom is 0.274 e. The number of aryl methyl sites for hydroxylation is 3. The third kappa shape index (κ3) is 4.73. The molecular formula is C21H21FN2O3. The van der Waals surface area contributed by atoms with Crippen LogP contribution in [0.3, 0.4) is 0 Å². The molecule has 0 atom stereocenters. The van der Waals surface area contributed by atoms with E-state index in [0.717, 1.165) is 22.4 Å². The summed E-state index contributed by atoms with van der Waals surface area (Å²) >= 11 is 0. The summed E-state index contributed by atoms with van der Waals surface area (Å²) in [4.78, 5) is 12.5. The summed E-state index contributed by atoms with van der Waals surface area (Å²) in [7, 11) is 0. The van der Waals surface area contributed by atoms with E-state index in [1.54, 1.807) is 19.1 Å². The maximum absolute atomic E-state index is 13.0. The Bertz CT molecular complexity index is 928. The predicted molar refractivity (Wildman–Crippen MR) is 99.1 cm³/mol. The zero-order valence-corrected chi connectivity index (χ0v) is 15.5. The van der Waals surface area contributed by atoms with Crippen molar-refractivity contribution < 1.29 is 18.4 Å². The van der Waals surface area contributed by atoms with Crippen LogP contribution >= 0.6 is 0 Å². The molecule has 0 saturated carbocycles. The first-order valence-corrected chi connectivity index (χ1v) is 8.61. The van der Waals surface area contributed by atoms with Gasteiger partial charge in [-0.05, 0) is 61.7 Å². The molecule has 140 valence electrons. The lowest BCUT2D eigenvalue weighted by molar-refractivity contribution is 0.0939. The fourth-order valence-electron chi connectivity index (χ4n) is 2.78. The van der Waals surface area contributed by atoms with E-state index in [-0.39, 0.29) is 30.6 Å². The number of aromatic nitrogens is 1. The second-order valence-corrected chi connectivity index (χ2v) is 6.49. The van der Waals surface area contributed by atoms with Crippen molar-refractivity contribution in [1.29, 1.82) is 0 Å². The van der Waals surface area contributed by atoms with Crippen molar-refractivity contribution in [3.05, 3.63) is 82.0 Å². The molecule has 1 N–H and O–H groups in total. The molecule has 0 aliphatic rings. The van der Waals surface area contributed by atoms with E-state index in [2.05, 4.69) is 16.5 Å². The standard InChI is InChI=1S/C21H21FN2O3/c1-13-8-14(2)10-18(9-13)26-12-19-15(3)27-24-20(19)21(25)23-11-16-4-6-17(22)7-5-16/h4-10H,11-12H2,1-3H3,(H,23,25). The van der Waals surface area contributed by atoms with Crippen LogP contribution < -0.4 is 10.1 Å². The van der Waals surface area contributed by atoms with E-state index in [1.165, 1.54) is 12.1 Å². The number of nitrogens with one attached hydrogen (secondary N) is 1. The molecule has 1 aromatic heterocycles. The van der Waals surface area contributed by atoms with Gasteiger partial charge in [-0.15, -0.1) is 0 Å².